The highest BCUT2D eigenvalue weighted by molar-refractivity contribution is 7.80. The van der Waals surface area contributed by atoms with Crippen molar-refractivity contribution < 1.29 is 9.21 Å². The standard InChI is InChI=1S/C25H17N3O2S/c29-23(20-12-6-8-16-7-1-2-11-19(16)20)28-25(31)26-18-10-5-9-17(15-18)24-27-21-13-3-4-14-22(21)30-24/h1-15H,(H2,26,28,29,31). The summed E-state index contributed by atoms with van der Waals surface area (Å²) >= 11 is 5.37. The molecule has 0 atom stereocenters. The normalized spacial score (nSPS) is 10.8. The average molecular weight is 423 g/mol. The molecule has 0 radical (unpaired) electrons. The monoisotopic (exact) mass is 423 g/mol. The minimum atomic E-state index is -0.260. The first-order chi connectivity index (χ1) is 15.2. The largest absolute Gasteiger partial charge is 0.436 e. The summed E-state index contributed by atoms with van der Waals surface area (Å²) in [6.07, 6.45) is 0. The van der Waals surface area contributed by atoms with Crippen LogP contribution < -0.4 is 10.6 Å². The highest BCUT2D eigenvalue weighted by Gasteiger charge is 2.12. The smallest absolute Gasteiger partial charge is 0.258 e. The molecule has 0 saturated carbocycles. The molecule has 5 aromatic rings. The number of benzene rings is 4. The Morgan fingerprint density at radius 3 is 2.55 bits per heavy atom. The van der Waals surface area contributed by atoms with Crippen molar-refractivity contribution in [3.63, 3.8) is 0 Å². The number of hydrogen-bond acceptors (Lipinski definition) is 4. The number of fused-ring (bicyclic) bond motifs is 2. The van der Waals surface area contributed by atoms with E-state index in [4.69, 9.17) is 16.6 Å². The van der Waals surface area contributed by atoms with E-state index in [2.05, 4.69) is 15.6 Å². The average Bonchev–Trinajstić information content (AvgIpc) is 3.23. The minimum absolute atomic E-state index is 0.215. The predicted molar refractivity (Wildman–Crippen MR) is 127 cm³/mol. The van der Waals surface area contributed by atoms with Crippen molar-refractivity contribution >= 4 is 50.8 Å². The Bertz CT molecular complexity index is 1400. The van der Waals surface area contributed by atoms with Gasteiger partial charge in [0.05, 0.1) is 0 Å². The summed E-state index contributed by atoms with van der Waals surface area (Å²) in [7, 11) is 0. The van der Waals surface area contributed by atoms with Gasteiger partial charge >= 0.3 is 0 Å². The molecule has 0 aliphatic rings. The molecule has 0 unspecified atom stereocenters. The summed E-state index contributed by atoms with van der Waals surface area (Å²) in [4.78, 5) is 17.3. The first kappa shape index (κ1) is 19.0. The van der Waals surface area contributed by atoms with Gasteiger partial charge in [-0.1, -0.05) is 54.6 Å². The van der Waals surface area contributed by atoms with Crippen LogP contribution in [0.2, 0.25) is 0 Å². The third-order valence-electron chi connectivity index (χ3n) is 4.92. The Morgan fingerprint density at radius 1 is 0.871 bits per heavy atom. The molecule has 1 aromatic heterocycles. The van der Waals surface area contributed by atoms with E-state index < -0.39 is 0 Å². The number of hydrogen-bond donors (Lipinski definition) is 2. The maximum Gasteiger partial charge on any atom is 0.258 e. The Kier molecular flexibility index (Phi) is 4.90. The number of amides is 1. The van der Waals surface area contributed by atoms with Gasteiger partial charge in [-0.25, -0.2) is 4.98 Å². The minimum Gasteiger partial charge on any atom is -0.436 e. The highest BCUT2D eigenvalue weighted by Crippen LogP contribution is 2.26. The molecule has 5 rings (SSSR count). The quantitative estimate of drug-likeness (QED) is 0.360. The van der Waals surface area contributed by atoms with Crippen LogP contribution in [-0.4, -0.2) is 16.0 Å². The number of thiocarbonyl (C=S) groups is 1. The molecule has 0 aliphatic heterocycles. The van der Waals surface area contributed by atoms with Crippen LogP contribution in [0.25, 0.3) is 33.3 Å². The first-order valence-corrected chi connectivity index (χ1v) is 10.1. The Balaban J connectivity index is 1.33. The Morgan fingerprint density at radius 2 is 1.65 bits per heavy atom. The van der Waals surface area contributed by atoms with E-state index in [1.54, 1.807) is 6.07 Å². The molecule has 5 nitrogen and oxygen atoms in total. The molecule has 1 amide bonds. The van der Waals surface area contributed by atoms with Crippen LogP contribution in [0.4, 0.5) is 5.69 Å². The van der Waals surface area contributed by atoms with Gasteiger partial charge in [-0.3, -0.25) is 10.1 Å². The predicted octanol–water partition coefficient (Wildman–Crippen LogP) is 5.77. The molecule has 2 N–H and O–H groups in total. The zero-order valence-electron chi connectivity index (χ0n) is 16.3. The number of nitrogens with one attached hydrogen (secondary N) is 2. The SMILES string of the molecule is O=C(NC(=S)Nc1cccc(-c2nc3ccccc3o2)c1)c1cccc2ccccc12. The number of anilines is 1. The molecule has 0 fully saturated rings. The van der Waals surface area contributed by atoms with Crippen molar-refractivity contribution in [2.24, 2.45) is 0 Å². The van der Waals surface area contributed by atoms with Crippen LogP contribution in [0, 0.1) is 0 Å². The lowest BCUT2D eigenvalue weighted by molar-refractivity contribution is 0.0979. The third kappa shape index (κ3) is 3.89. The summed E-state index contributed by atoms with van der Waals surface area (Å²) in [6.45, 7) is 0. The number of oxazole rings is 1. The summed E-state index contributed by atoms with van der Waals surface area (Å²) in [5, 5.41) is 7.92. The summed E-state index contributed by atoms with van der Waals surface area (Å²) in [5.41, 5.74) is 3.64. The van der Waals surface area contributed by atoms with Gasteiger partial charge < -0.3 is 9.73 Å². The summed E-state index contributed by atoms with van der Waals surface area (Å²) in [6, 6.07) is 28.5. The molecule has 150 valence electrons. The fourth-order valence-corrected chi connectivity index (χ4v) is 3.69. The molecule has 6 heteroatoms. The Labute approximate surface area is 183 Å². The Hall–Kier alpha value is -4.03. The molecular weight excluding hydrogens is 406 g/mol. The zero-order valence-corrected chi connectivity index (χ0v) is 17.1. The van der Waals surface area contributed by atoms with E-state index >= 15 is 0 Å². The highest BCUT2D eigenvalue weighted by atomic mass is 32.1. The molecule has 0 spiro atoms. The van der Waals surface area contributed by atoms with E-state index in [0.29, 0.717) is 11.5 Å². The van der Waals surface area contributed by atoms with E-state index in [0.717, 1.165) is 33.1 Å². The van der Waals surface area contributed by atoms with Gasteiger partial charge in [-0.15, -0.1) is 0 Å². The molecule has 31 heavy (non-hydrogen) atoms. The number of carbonyl (C=O) groups is 1. The van der Waals surface area contributed by atoms with E-state index in [1.165, 1.54) is 0 Å². The lowest BCUT2D eigenvalue weighted by Crippen LogP contribution is -2.34. The topological polar surface area (TPSA) is 67.2 Å². The summed E-state index contributed by atoms with van der Waals surface area (Å²) < 4.78 is 5.84. The number of aromatic nitrogens is 1. The van der Waals surface area contributed by atoms with E-state index in [1.807, 2.05) is 84.9 Å². The van der Waals surface area contributed by atoms with Crippen molar-refractivity contribution in [3.05, 3.63) is 96.6 Å². The van der Waals surface area contributed by atoms with Gasteiger partial charge in [-0.2, -0.15) is 0 Å². The van der Waals surface area contributed by atoms with Gasteiger partial charge in [0.25, 0.3) is 5.91 Å². The van der Waals surface area contributed by atoms with Crippen molar-refractivity contribution in [3.8, 4) is 11.5 Å². The molecule has 0 aliphatic carbocycles. The summed E-state index contributed by atoms with van der Waals surface area (Å²) in [5.74, 6) is 0.264. The van der Waals surface area contributed by atoms with Crippen LogP contribution in [0.1, 0.15) is 10.4 Å². The molecule has 1 heterocycles. The molecule has 4 aromatic carbocycles. The maximum atomic E-state index is 12.8. The van der Waals surface area contributed by atoms with Crippen LogP contribution in [0.3, 0.4) is 0 Å². The fraction of sp³-hybridized carbons (Fsp3) is 0. The molecular formula is C25H17N3O2S. The first-order valence-electron chi connectivity index (χ1n) is 9.73. The van der Waals surface area contributed by atoms with Crippen molar-refractivity contribution in [2.45, 2.75) is 0 Å². The van der Waals surface area contributed by atoms with Gasteiger partial charge in [-0.05, 0) is 59.4 Å². The number of carbonyl (C=O) groups excluding carboxylic acids is 1. The van der Waals surface area contributed by atoms with Crippen molar-refractivity contribution in [2.75, 3.05) is 5.32 Å². The molecule has 0 bridgehead atoms. The van der Waals surface area contributed by atoms with Gasteiger partial charge in [0.15, 0.2) is 10.7 Å². The second kappa shape index (κ2) is 8.01. The second-order valence-corrected chi connectivity index (χ2v) is 7.41. The van der Waals surface area contributed by atoms with Crippen LogP contribution in [0.5, 0.6) is 0 Å². The maximum absolute atomic E-state index is 12.8. The second-order valence-electron chi connectivity index (χ2n) is 7.00. The van der Waals surface area contributed by atoms with Crippen LogP contribution in [0.15, 0.2) is 95.4 Å². The van der Waals surface area contributed by atoms with Crippen molar-refractivity contribution in [1.82, 2.24) is 10.3 Å². The third-order valence-corrected chi connectivity index (χ3v) is 5.13. The number of nitrogens with zero attached hydrogens (tertiary/aromatic N) is 1. The molecule has 0 saturated heterocycles. The van der Waals surface area contributed by atoms with Crippen LogP contribution >= 0.6 is 12.2 Å². The number of rotatable bonds is 3. The van der Waals surface area contributed by atoms with Gasteiger partial charge in [0, 0.05) is 16.8 Å². The van der Waals surface area contributed by atoms with Gasteiger partial charge in [0.2, 0.25) is 5.89 Å². The number of para-hydroxylation sites is 2. The lowest BCUT2D eigenvalue weighted by atomic mass is 10.0. The fourth-order valence-electron chi connectivity index (χ4n) is 3.48. The lowest BCUT2D eigenvalue weighted by Gasteiger charge is -2.11. The van der Waals surface area contributed by atoms with Crippen molar-refractivity contribution in [1.29, 1.82) is 0 Å². The van der Waals surface area contributed by atoms with Gasteiger partial charge in [0.1, 0.15) is 5.52 Å². The van der Waals surface area contributed by atoms with Crippen LogP contribution in [-0.2, 0) is 0 Å². The zero-order chi connectivity index (χ0) is 21.2. The van der Waals surface area contributed by atoms with E-state index in [9.17, 15) is 4.79 Å². The van der Waals surface area contributed by atoms with E-state index in [-0.39, 0.29) is 11.0 Å².